The second kappa shape index (κ2) is 6.98. The lowest BCUT2D eigenvalue weighted by atomic mass is 10.3. The zero-order valence-electron chi connectivity index (χ0n) is 10.2. The molecule has 1 amide bonds. The van der Waals surface area contributed by atoms with Gasteiger partial charge in [-0.2, -0.15) is 8.78 Å². The van der Waals surface area contributed by atoms with Crippen LogP contribution in [0.25, 0.3) is 0 Å². The van der Waals surface area contributed by atoms with Crippen LogP contribution in [0.3, 0.4) is 0 Å². The number of benzene rings is 1. The standard InChI is InChI=1S/C12H9ClF3NO4/c13-11(14)12(15,16)21-8-3-1-7(2-4-8)17-9(18)5-6-10(19)20/h1-6,11H,(H,17,18)(H,19,20)/t11-/m0/s1. The van der Waals surface area contributed by atoms with E-state index in [0.717, 1.165) is 18.2 Å². The van der Waals surface area contributed by atoms with Gasteiger partial charge in [0.05, 0.1) is 0 Å². The fraction of sp³-hybridized carbons (Fsp3) is 0.167. The molecule has 5 nitrogen and oxygen atoms in total. The highest BCUT2D eigenvalue weighted by Gasteiger charge is 2.42. The third-order valence-corrected chi connectivity index (χ3v) is 2.26. The maximum atomic E-state index is 12.9. The summed E-state index contributed by atoms with van der Waals surface area (Å²) in [5.41, 5.74) is -2.80. The van der Waals surface area contributed by atoms with Crippen LogP contribution in [-0.2, 0) is 9.59 Å². The molecule has 0 aliphatic heterocycles. The first-order chi connectivity index (χ1) is 9.70. The van der Waals surface area contributed by atoms with E-state index in [1.807, 2.05) is 0 Å². The van der Waals surface area contributed by atoms with Gasteiger partial charge in [0.25, 0.3) is 5.63 Å². The Morgan fingerprint density at radius 2 is 1.86 bits per heavy atom. The number of carboxylic acids is 1. The average Bonchev–Trinajstić information content (AvgIpc) is 2.38. The Morgan fingerprint density at radius 1 is 1.29 bits per heavy atom. The van der Waals surface area contributed by atoms with Crippen LogP contribution in [0.15, 0.2) is 36.4 Å². The molecule has 0 heterocycles. The van der Waals surface area contributed by atoms with Crippen LogP contribution in [0.2, 0.25) is 0 Å². The molecule has 9 heteroatoms. The second-order valence-corrected chi connectivity index (χ2v) is 4.03. The number of alkyl halides is 4. The SMILES string of the molecule is O=C(O)C=CC(=O)Nc1ccc(OC(F)(F)[C@H](F)Cl)cc1. The second-order valence-electron chi connectivity index (χ2n) is 3.65. The van der Waals surface area contributed by atoms with Crippen molar-refractivity contribution in [3.8, 4) is 5.75 Å². The van der Waals surface area contributed by atoms with E-state index >= 15 is 0 Å². The van der Waals surface area contributed by atoms with Gasteiger partial charge in [-0.25, -0.2) is 9.18 Å². The number of halogens is 4. The van der Waals surface area contributed by atoms with Crippen LogP contribution in [0, 0.1) is 0 Å². The summed E-state index contributed by atoms with van der Waals surface area (Å²) in [4.78, 5) is 21.4. The molecule has 0 bridgehead atoms. The summed E-state index contributed by atoms with van der Waals surface area (Å²) in [6, 6.07) is 4.53. The molecule has 0 aromatic heterocycles. The fourth-order valence-corrected chi connectivity index (χ4v) is 1.18. The zero-order chi connectivity index (χ0) is 16.0. The lowest BCUT2D eigenvalue weighted by Gasteiger charge is -2.17. The minimum atomic E-state index is -4.18. The molecule has 1 aromatic carbocycles. The molecule has 114 valence electrons. The Balaban J connectivity index is 2.66. The quantitative estimate of drug-likeness (QED) is 0.623. The Hall–Kier alpha value is -2.22. The lowest BCUT2D eigenvalue weighted by Crippen LogP contribution is -2.32. The highest BCUT2D eigenvalue weighted by Crippen LogP contribution is 2.29. The topological polar surface area (TPSA) is 75.6 Å². The third-order valence-electron chi connectivity index (χ3n) is 2.01. The van der Waals surface area contributed by atoms with Crippen LogP contribution in [0.1, 0.15) is 0 Å². The molecule has 21 heavy (non-hydrogen) atoms. The summed E-state index contributed by atoms with van der Waals surface area (Å²) in [6.07, 6.45) is -2.77. The number of amides is 1. The molecule has 1 atom stereocenters. The predicted octanol–water partition coefficient (Wildman–Crippen LogP) is 2.77. The number of hydrogen-bond acceptors (Lipinski definition) is 3. The Kier molecular flexibility index (Phi) is 5.60. The molecular weight excluding hydrogens is 315 g/mol. The third kappa shape index (κ3) is 5.74. The first kappa shape index (κ1) is 16.8. The van der Waals surface area contributed by atoms with Crippen LogP contribution in [0.4, 0.5) is 18.9 Å². The van der Waals surface area contributed by atoms with E-state index in [9.17, 15) is 22.8 Å². The van der Waals surface area contributed by atoms with Crippen molar-refractivity contribution < 1.29 is 32.6 Å². The van der Waals surface area contributed by atoms with Gasteiger partial charge >= 0.3 is 12.1 Å². The van der Waals surface area contributed by atoms with E-state index in [4.69, 9.17) is 5.11 Å². The summed E-state index contributed by atoms with van der Waals surface area (Å²) < 4.78 is 42.1. The summed E-state index contributed by atoms with van der Waals surface area (Å²) in [7, 11) is 0. The van der Waals surface area contributed by atoms with Crippen molar-refractivity contribution >= 4 is 29.2 Å². The summed E-state index contributed by atoms with van der Waals surface area (Å²) in [5.74, 6) is -2.37. The zero-order valence-corrected chi connectivity index (χ0v) is 11.0. The van der Waals surface area contributed by atoms with Crippen molar-refractivity contribution in [3.63, 3.8) is 0 Å². The van der Waals surface area contributed by atoms with Crippen molar-refractivity contribution in [2.75, 3.05) is 5.32 Å². The van der Waals surface area contributed by atoms with Crippen molar-refractivity contribution in [1.82, 2.24) is 0 Å². The largest absolute Gasteiger partial charge is 0.478 e. The predicted molar refractivity (Wildman–Crippen MR) is 68.2 cm³/mol. The van der Waals surface area contributed by atoms with Crippen molar-refractivity contribution in [2.45, 2.75) is 11.7 Å². The Bertz CT molecular complexity index is 546. The molecule has 0 spiro atoms. The molecule has 1 rings (SSSR count). The number of ether oxygens (including phenoxy) is 1. The molecule has 0 unspecified atom stereocenters. The van der Waals surface area contributed by atoms with Gasteiger partial charge in [0.1, 0.15) is 5.75 Å². The van der Waals surface area contributed by atoms with Crippen LogP contribution < -0.4 is 10.1 Å². The molecule has 0 saturated carbocycles. The number of carboxylic acid groups (broad SMARTS) is 1. The van der Waals surface area contributed by atoms with Gasteiger partial charge < -0.3 is 15.2 Å². The molecule has 0 saturated heterocycles. The Morgan fingerprint density at radius 3 is 2.33 bits per heavy atom. The molecule has 0 fully saturated rings. The fourth-order valence-electron chi connectivity index (χ4n) is 1.14. The minimum Gasteiger partial charge on any atom is -0.478 e. The van der Waals surface area contributed by atoms with Crippen molar-refractivity contribution in [2.24, 2.45) is 0 Å². The highest BCUT2D eigenvalue weighted by molar-refractivity contribution is 6.20. The van der Waals surface area contributed by atoms with E-state index in [1.165, 1.54) is 12.1 Å². The van der Waals surface area contributed by atoms with Gasteiger partial charge in [-0.3, -0.25) is 4.79 Å². The van der Waals surface area contributed by atoms with E-state index in [0.29, 0.717) is 6.08 Å². The highest BCUT2D eigenvalue weighted by atomic mass is 35.5. The Labute approximate surface area is 122 Å². The molecule has 0 aliphatic carbocycles. The molecule has 1 aromatic rings. The summed E-state index contributed by atoms with van der Waals surface area (Å²) in [5, 5.41) is 10.6. The number of nitrogens with one attached hydrogen (secondary N) is 1. The number of carbonyl (C=O) groups excluding carboxylic acids is 1. The average molecular weight is 324 g/mol. The van der Waals surface area contributed by atoms with Gasteiger partial charge in [-0.15, -0.1) is 0 Å². The number of rotatable bonds is 6. The van der Waals surface area contributed by atoms with Crippen LogP contribution >= 0.6 is 11.6 Å². The lowest BCUT2D eigenvalue weighted by molar-refractivity contribution is -0.199. The maximum Gasteiger partial charge on any atom is 0.444 e. The molecular formula is C12H9ClF3NO4. The number of anilines is 1. The summed E-state index contributed by atoms with van der Waals surface area (Å²) in [6.45, 7) is 0. The van der Waals surface area contributed by atoms with E-state index in [2.05, 4.69) is 21.7 Å². The summed E-state index contributed by atoms with van der Waals surface area (Å²) >= 11 is 4.63. The molecule has 0 radical (unpaired) electrons. The van der Waals surface area contributed by atoms with Gasteiger partial charge in [0.2, 0.25) is 5.91 Å². The van der Waals surface area contributed by atoms with Gasteiger partial charge in [0.15, 0.2) is 0 Å². The number of hydrogen-bond donors (Lipinski definition) is 2. The van der Waals surface area contributed by atoms with Gasteiger partial charge in [0, 0.05) is 17.8 Å². The smallest absolute Gasteiger partial charge is 0.444 e. The van der Waals surface area contributed by atoms with E-state index in [-0.39, 0.29) is 11.4 Å². The first-order valence-corrected chi connectivity index (χ1v) is 5.81. The maximum absolute atomic E-state index is 12.9. The van der Waals surface area contributed by atoms with E-state index in [1.54, 1.807) is 0 Å². The number of carbonyl (C=O) groups is 2. The molecule has 2 N–H and O–H groups in total. The monoisotopic (exact) mass is 323 g/mol. The first-order valence-electron chi connectivity index (χ1n) is 5.38. The van der Waals surface area contributed by atoms with Crippen molar-refractivity contribution in [3.05, 3.63) is 36.4 Å². The van der Waals surface area contributed by atoms with Gasteiger partial charge in [-0.05, 0) is 24.3 Å². The van der Waals surface area contributed by atoms with Crippen LogP contribution in [-0.4, -0.2) is 28.7 Å². The number of aliphatic carboxylic acids is 1. The van der Waals surface area contributed by atoms with E-state index < -0.39 is 23.6 Å². The van der Waals surface area contributed by atoms with Crippen LogP contribution in [0.5, 0.6) is 5.75 Å². The minimum absolute atomic E-state index is 0.202. The van der Waals surface area contributed by atoms with Crippen molar-refractivity contribution in [1.29, 1.82) is 0 Å². The normalized spacial score (nSPS) is 13.0. The van der Waals surface area contributed by atoms with Gasteiger partial charge in [-0.1, -0.05) is 11.6 Å². The molecule has 0 aliphatic rings.